The number of fused-ring (bicyclic) bond motifs is 1. The Morgan fingerprint density at radius 1 is 1.53 bits per heavy atom. The normalized spacial score (nSPS) is 13.3. The maximum atomic E-state index is 5.63. The minimum absolute atomic E-state index is 0.480. The maximum absolute atomic E-state index is 5.63. The van der Waals surface area contributed by atoms with Gasteiger partial charge in [-0.05, 0) is 37.4 Å². The van der Waals surface area contributed by atoms with Crippen LogP contribution in [0.25, 0.3) is 5.65 Å². The van der Waals surface area contributed by atoms with Crippen LogP contribution in [0.4, 0.5) is 0 Å². The molecule has 0 amide bonds. The third kappa shape index (κ3) is 1.99. The number of hydrogen-bond donors (Lipinski definition) is 1. The standard InChI is InChI=1S/C11H16N4/c1-8(7-12)6-10-4-3-5-15-11(10)13-9(2)14-15/h3-5,8H,6-7,12H2,1-2H3. The van der Waals surface area contributed by atoms with Gasteiger partial charge in [0.15, 0.2) is 5.65 Å². The number of nitrogens with zero attached hydrogens (tertiary/aromatic N) is 3. The molecule has 0 aliphatic heterocycles. The second-order valence-electron chi connectivity index (χ2n) is 4.01. The molecule has 15 heavy (non-hydrogen) atoms. The third-order valence-corrected chi connectivity index (χ3v) is 2.52. The molecule has 2 rings (SSSR count). The van der Waals surface area contributed by atoms with Crippen molar-refractivity contribution in [3.8, 4) is 0 Å². The summed E-state index contributed by atoms with van der Waals surface area (Å²) in [6.45, 7) is 4.75. The summed E-state index contributed by atoms with van der Waals surface area (Å²) in [5.41, 5.74) is 7.80. The Morgan fingerprint density at radius 3 is 3.07 bits per heavy atom. The predicted octanol–water partition coefficient (Wildman–Crippen LogP) is 1.18. The zero-order chi connectivity index (χ0) is 10.8. The average molecular weight is 204 g/mol. The van der Waals surface area contributed by atoms with Gasteiger partial charge in [-0.2, -0.15) is 5.10 Å². The van der Waals surface area contributed by atoms with E-state index in [9.17, 15) is 0 Å². The lowest BCUT2D eigenvalue weighted by Crippen LogP contribution is -2.13. The summed E-state index contributed by atoms with van der Waals surface area (Å²) < 4.78 is 1.83. The SMILES string of the molecule is Cc1nc2c(CC(C)CN)cccn2n1. The molecule has 2 aromatic heterocycles. The molecule has 4 heteroatoms. The summed E-state index contributed by atoms with van der Waals surface area (Å²) >= 11 is 0. The van der Waals surface area contributed by atoms with Crippen LogP contribution >= 0.6 is 0 Å². The molecule has 2 heterocycles. The lowest BCUT2D eigenvalue weighted by Gasteiger charge is -2.08. The highest BCUT2D eigenvalue weighted by Gasteiger charge is 2.08. The molecule has 0 saturated heterocycles. The Balaban J connectivity index is 2.41. The molecule has 2 N–H and O–H groups in total. The van der Waals surface area contributed by atoms with Crippen molar-refractivity contribution in [1.82, 2.24) is 14.6 Å². The number of aryl methyl sites for hydroxylation is 1. The highest BCUT2D eigenvalue weighted by atomic mass is 15.3. The van der Waals surface area contributed by atoms with E-state index in [1.807, 2.05) is 23.7 Å². The zero-order valence-corrected chi connectivity index (χ0v) is 9.14. The molecule has 80 valence electrons. The minimum Gasteiger partial charge on any atom is -0.330 e. The number of nitrogens with two attached hydrogens (primary N) is 1. The minimum atomic E-state index is 0.480. The Hall–Kier alpha value is -1.42. The van der Waals surface area contributed by atoms with E-state index < -0.39 is 0 Å². The zero-order valence-electron chi connectivity index (χ0n) is 9.14. The van der Waals surface area contributed by atoms with Crippen LogP contribution in [0.2, 0.25) is 0 Å². The summed E-state index contributed by atoms with van der Waals surface area (Å²) in [6.07, 6.45) is 2.88. The summed E-state index contributed by atoms with van der Waals surface area (Å²) in [4.78, 5) is 4.41. The molecule has 0 fully saturated rings. The van der Waals surface area contributed by atoms with Gasteiger partial charge in [-0.1, -0.05) is 13.0 Å². The predicted molar refractivity (Wildman–Crippen MR) is 59.6 cm³/mol. The van der Waals surface area contributed by atoms with Gasteiger partial charge in [0.1, 0.15) is 5.82 Å². The first kappa shape index (κ1) is 10.1. The van der Waals surface area contributed by atoms with Crippen molar-refractivity contribution in [3.63, 3.8) is 0 Å². The molecule has 4 nitrogen and oxygen atoms in total. The first-order valence-electron chi connectivity index (χ1n) is 5.21. The second-order valence-corrected chi connectivity index (χ2v) is 4.01. The topological polar surface area (TPSA) is 56.2 Å². The Morgan fingerprint density at radius 2 is 2.33 bits per heavy atom. The second kappa shape index (κ2) is 3.98. The molecule has 2 aromatic rings. The number of rotatable bonds is 3. The number of pyridine rings is 1. The lowest BCUT2D eigenvalue weighted by atomic mass is 10.0. The van der Waals surface area contributed by atoms with Crippen LogP contribution in [0.1, 0.15) is 18.3 Å². The van der Waals surface area contributed by atoms with Gasteiger partial charge >= 0.3 is 0 Å². The molecule has 0 aliphatic rings. The molecule has 0 radical (unpaired) electrons. The average Bonchev–Trinajstić information content (AvgIpc) is 2.59. The third-order valence-electron chi connectivity index (χ3n) is 2.52. The fourth-order valence-corrected chi connectivity index (χ4v) is 1.69. The van der Waals surface area contributed by atoms with Gasteiger partial charge in [-0.25, -0.2) is 9.50 Å². The van der Waals surface area contributed by atoms with Crippen LogP contribution in [0, 0.1) is 12.8 Å². The van der Waals surface area contributed by atoms with Crippen molar-refractivity contribution in [2.75, 3.05) is 6.54 Å². The fourth-order valence-electron chi connectivity index (χ4n) is 1.69. The smallest absolute Gasteiger partial charge is 0.158 e. The van der Waals surface area contributed by atoms with Crippen LogP contribution in [-0.4, -0.2) is 21.1 Å². The summed E-state index contributed by atoms with van der Waals surface area (Å²) in [6, 6.07) is 4.09. The Labute approximate surface area is 89.1 Å². The molecule has 0 saturated carbocycles. The van der Waals surface area contributed by atoms with Gasteiger partial charge in [-0.15, -0.1) is 0 Å². The lowest BCUT2D eigenvalue weighted by molar-refractivity contribution is 0.593. The largest absolute Gasteiger partial charge is 0.330 e. The highest BCUT2D eigenvalue weighted by molar-refractivity contribution is 5.47. The van der Waals surface area contributed by atoms with Crippen molar-refractivity contribution < 1.29 is 0 Å². The molecule has 0 spiro atoms. The molecular weight excluding hydrogens is 188 g/mol. The number of hydrogen-bond acceptors (Lipinski definition) is 3. The van der Waals surface area contributed by atoms with Crippen LogP contribution in [-0.2, 0) is 6.42 Å². The Bertz CT molecular complexity index is 461. The van der Waals surface area contributed by atoms with Crippen molar-refractivity contribution in [3.05, 3.63) is 29.7 Å². The molecule has 0 aromatic carbocycles. The quantitative estimate of drug-likeness (QED) is 0.816. The fraction of sp³-hybridized carbons (Fsp3) is 0.455. The first-order chi connectivity index (χ1) is 7.20. The van der Waals surface area contributed by atoms with E-state index in [1.165, 1.54) is 5.56 Å². The van der Waals surface area contributed by atoms with Crippen molar-refractivity contribution >= 4 is 5.65 Å². The molecule has 0 aliphatic carbocycles. The van der Waals surface area contributed by atoms with Gasteiger partial charge in [0.05, 0.1) is 0 Å². The van der Waals surface area contributed by atoms with Crippen LogP contribution in [0.5, 0.6) is 0 Å². The molecule has 1 unspecified atom stereocenters. The highest BCUT2D eigenvalue weighted by Crippen LogP contribution is 2.13. The van der Waals surface area contributed by atoms with Crippen molar-refractivity contribution in [2.24, 2.45) is 11.7 Å². The number of aromatic nitrogens is 3. The van der Waals surface area contributed by atoms with Gasteiger partial charge in [0.2, 0.25) is 0 Å². The monoisotopic (exact) mass is 204 g/mol. The van der Waals surface area contributed by atoms with E-state index in [2.05, 4.69) is 23.1 Å². The maximum Gasteiger partial charge on any atom is 0.158 e. The van der Waals surface area contributed by atoms with E-state index in [0.717, 1.165) is 17.9 Å². The molecule has 1 atom stereocenters. The summed E-state index contributed by atoms with van der Waals surface area (Å²) in [7, 11) is 0. The van der Waals surface area contributed by atoms with E-state index in [4.69, 9.17) is 5.73 Å². The molecular formula is C11H16N4. The summed E-state index contributed by atoms with van der Waals surface area (Å²) in [5.74, 6) is 1.29. The van der Waals surface area contributed by atoms with Crippen molar-refractivity contribution in [2.45, 2.75) is 20.3 Å². The van der Waals surface area contributed by atoms with Crippen LogP contribution in [0.15, 0.2) is 18.3 Å². The van der Waals surface area contributed by atoms with Crippen LogP contribution < -0.4 is 5.73 Å². The van der Waals surface area contributed by atoms with E-state index >= 15 is 0 Å². The Kier molecular flexibility index (Phi) is 2.68. The van der Waals surface area contributed by atoms with Gasteiger partial charge in [0.25, 0.3) is 0 Å². The first-order valence-corrected chi connectivity index (χ1v) is 5.21. The van der Waals surface area contributed by atoms with E-state index in [0.29, 0.717) is 12.5 Å². The van der Waals surface area contributed by atoms with E-state index in [-0.39, 0.29) is 0 Å². The van der Waals surface area contributed by atoms with Gasteiger partial charge in [-0.3, -0.25) is 0 Å². The van der Waals surface area contributed by atoms with Crippen LogP contribution in [0.3, 0.4) is 0 Å². The van der Waals surface area contributed by atoms with E-state index in [1.54, 1.807) is 0 Å². The molecule has 0 bridgehead atoms. The summed E-state index contributed by atoms with van der Waals surface area (Å²) in [5, 5.41) is 4.28. The van der Waals surface area contributed by atoms with Gasteiger partial charge in [0, 0.05) is 6.20 Å². The van der Waals surface area contributed by atoms with Gasteiger partial charge < -0.3 is 5.73 Å². The van der Waals surface area contributed by atoms with Crippen molar-refractivity contribution in [1.29, 1.82) is 0 Å².